The molecule has 2 saturated carbocycles. The van der Waals surface area contributed by atoms with Crippen LogP contribution in [0, 0.1) is 5.92 Å². The summed E-state index contributed by atoms with van der Waals surface area (Å²) in [5.41, 5.74) is 0.449. The summed E-state index contributed by atoms with van der Waals surface area (Å²) < 4.78 is 0. The topological polar surface area (TPSA) is 18.5 Å². The number of rotatable bonds is 7. The van der Waals surface area contributed by atoms with Gasteiger partial charge in [0.25, 0.3) is 0 Å². The Hall–Kier alpha value is -0.120. The molecule has 2 aliphatic rings. The van der Waals surface area contributed by atoms with Crippen molar-refractivity contribution in [3.05, 3.63) is 0 Å². The lowest BCUT2D eigenvalue weighted by Crippen LogP contribution is -2.61. The molecule has 0 saturated heterocycles. The van der Waals surface area contributed by atoms with Gasteiger partial charge in [0.2, 0.25) is 0 Å². The van der Waals surface area contributed by atoms with E-state index in [4.69, 9.17) is 0 Å². The average molecular weight is 296 g/mol. The van der Waals surface area contributed by atoms with Crippen molar-refractivity contribution in [2.45, 2.75) is 75.9 Å². The highest BCUT2D eigenvalue weighted by Crippen LogP contribution is 2.38. The van der Waals surface area contributed by atoms with Crippen molar-refractivity contribution in [1.82, 2.24) is 15.1 Å². The van der Waals surface area contributed by atoms with Crippen LogP contribution in [-0.4, -0.2) is 62.2 Å². The van der Waals surface area contributed by atoms with Crippen molar-refractivity contribution in [2.75, 3.05) is 34.7 Å². The molecule has 124 valence electrons. The molecule has 1 N–H and O–H groups in total. The van der Waals surface area contributed by atoms with E-state index in [0.29, 0.717) is 11.6 Å². The minimum atomic E-state index is 0.449. The summed E-state index contributed by atoms with van der Waals surface area (Å²) in [5, 5.41) is 3.59. The third-order valence-electron chi connectivity index (χ3n) is 6.34. The number of nitrogens with one attached hydrogen (secondary N) is 1. The second-order valence-corrected chi connectivity index (χ2v) is 7.82. The maximum absolute atomic E-state index is 3.59. The van der Waals surface area contributed by atoms with Crippen LogP contribution in [0.4, 0.5) is 0 Å². The molecule has 0 bridgehead atoms. The van der Waals surface area contributed by atoms with Crippen LogP contribution in [0.1, 0.15) is 58.3 Å². The fourth-order valence-corrected chi connectivity index (χ4v) is 4.64. The van der Waals surface area contributed by atoms with Crippen molar-refractivity contribution in [3.63, 3.8) is 0 Å². The van der Waals surface area contributed by atoms with E-state index >= 15 is 0 Å². The van der Waals surface area contributed by atoms with Crippen LogP contribution in [-0.2, 0) is 0 Å². The fourth-order valence-electron chi connectivity index (χ4n) is 4.64. The zero-order chi connectivity index (χ0) is 15.5. The summed E-state index contributed by atoms with van der Waals surface area (Å²) >= 11 is 0. The molecule has 0 spiro atoms. The summed E-state index contributed by atoms with van der Waals surface area (Å²) in [4.78, 5) is 5.16. The van der Waals surface area contributed by atoms with Crippen LogP contribution in [0.5, 0.6) is 0 Å². The van der Waals surface area contributed by atoms with E-state index in [0.717, 1.165) is 12.0 Å². The van der Waals surface area contributed by atoms with Gasteiger partial charge in [0.05, 0.1) is 0 Å². The molecule has 0 aliphatic heterocycles. The highest BCUT2D eigenvalue weighted by molar-refractivity contribution is 5.00. The van der Waals surface area contributed by atoms with Crippen LogP contribution < -0.4 is 5.32 Å². The Balaban J connectivity index is 1.98. The Bertz CT molecular complexity index is 312. The quantitative estimate of drug-likeness (QED) is 0.779. The van der Waals surface area contributed by atoms with E-state index in [1.54, 1.807) is 0 Å². The largest absolute Gasteiger partial charge is 0.315 e. The summed E-state index contributed by atoms with van der Waals surface area (Å²) in [7, 11) is 9.05. The van der Waals surface area contributed by atoms with Gasteiger partial charge in [-0.3, -0.25) is 0 Å². The Morgan fingerprint density at radius 1 is 1.14 bits per heavy atom. The molecular weight excluding hydrogens is 258 g/mol. The zero-order valence-corrected chi connectivity index (χ0v) is 15.0. The van der Waals surface area contributed by atoms with Crippen molar-refractivity contribution < 1.29 is 0 Å². The first kappa shape index (κ1) is 17.2. The highest BCUT2D eigenvalue weighted by atomic mass is 15.2. The van der Waals surface area contributed by atoms with Gasteiger partial charge in [-0.1, -0.05) is 19.8 Å². The normalized spacial score (nSPS) is 32.4. The predicted octanol–water partition coefficient (Wildman–Crippen LogP) is 2.96. The van der Waals surface area contributed by atoms with Gasteiger partial charge >= 0.3 is 0 Å². The number of hydrogen-bond donors (Lipinski definition) is 1. The molecule has 0 aromatic carbocycles. The number of hydrogen-bond acceptors (Lipinski definition) is 3. The highest BCUT2D eigenvalue weighted by Gasteiger charge is 2.42. The Kier molecular flexibility index (Phi) is 6.10. The van der Waals surface area contributed by atoms with Crippen LogP contribution in [0.15, 0.2) is 0 Å². The molecule has 2 fully saturated rings. The molecule has 3 atom stereocenters. The van der Waals surface area contributed by atoms with Gasteiger partial charge in [-0.2, -0.15) is 0 Å². The monoisotopic (exact) mass is 295 g/mol. The summed E-state index contributed by atoms with van der Waals surface area (Å²) in [6.45, 7) is 3.57. The van der Waals surface area contributed by atoms with E-state index in [1.807, 2.05) is 0 Å². The van der Waals surface area contributed by atoms with E-state index in [-0.39, 0.29) is 0 Å². The second kappa shape index (κ2) is 7.43. The summed E-state index contributed by atoms with van der Waals surface area (Å²) in [5.74, 6) is 0.948. The Labute approximate surface area is 132 Å². The summed E-state index contributed by atoms with van der Waals surface area (Å²) in [6, 6.07) is 1.40. The fraction of sp³-hybridized carbons (Fsp3) is 1.00. The van der Waals surface area contributed by atoms with Crippen molar-refractivity contribution in [2.24, 2.45) is 5.92 Å². The van der Waals surface area contributed by atoms with Crippen molar-refractivity contribution >= 4 is 0 Å². The van der Waals surface area contributed by atoms with Crippen molar-refractivity contribution in [1.29, 1.82) is 0 Å². The lowest BCUT2D eigenvalue weighted by atomic mass is 9.74. The first-order chi connectivity index (χ1) is 10.0. The van der Waals surface area contributed by atoms with Crippen LogP contribution in [0.2, 0.25) is 0 Å². The third-order valence-corrected chi connectivity index (χ3v) is 6.34. The van der Waals surface area contributed by atoms with Gasteiger partial charge < -0.3 is 15.1 Å². The molecule has 0 heterocycles. The first-order valence-corrected chi connectivity index (χ1v) is 9.07. The molecule has 0 aromatic heterocycles. The van der Waals surface area contributed by atoms with E-state index < -0.39 is 0 Å². The van der Waals surface area contributed by atoms with Gasteiger partial charge in [0.1, 0.15) is 0 Å². The third kappa shape index (κ3) is 3.80. The lowest BCUT2D eigenvalue weighted by molar-refractivity contribution is 0.000898. The molecule has 2 rings (SSSR count). The molecule has 2 aliphatic carbocycles. The molecule has 21 heavy (non-hydrogen) atoms. The van der Waals surface area contributed by atoms with Crippen LogP contribution in [0.3, 0.4) is 0 Å². The van der Waals surface area contributed by atoms with Crippen molar-refractivity contribution in [3.8, 4) is 0 Å². The van der Waals surface area contributed by atoms with E-state index in [9.17, 15) is 0 Å². The molecular formula is C18H37N3. The van der Waals surface area contributed by atoms with Crippen LogP contribution >= 0.6 is 0 Å². The molecule has 0 amide bonds. The molecule has 0 aromatic rings. The molecule has 0 radical (unpaired) electrons. The maximum Gasteiger partial charge on any atom is 0.0330 e. The summed E-state index contributed by atoms with van der Waals surface area (Å²) in [6.07, 6.45) is 11.1. The maximum atomic E-state index is 3.59. The molecule has 3 nitrogen and oxygen atoms in total. The van der Waals surface area contributed by atoms with Gasteiger partial charge in [0.15, 0.2) is 0 Å². The molecule has 3 heteroatoms. The average Bonchev–Trinajstić information content (AvgIpc) is 2.42. The van der Waals surface area contributed by atoms with Crippen LogP contribution in [0.25, 0.3) is 0 Å². The Morgan fingerprint density at radius 3 is 2.33 bits per heavy atom. The van der Waals surface area contributed by atoms with Gasteiger partial charge in [-0.15, -0.1) is 0 Å². The van der Waals surface area contributed by atoms with E-state index in [1.165, 1.54) is 57.9 Å². The SMILES string of the molecule is CCCC1CCC(NC)C(N(C)CC2(N(C)C)CCC2)C1. The standard InChI is InChI=1S/C18H37N3/c1-6-8-15-9-10-16(19-2)17(13-15)21(5)14-18(20(3)4)11-7-12-18/h15-17,19H,6-14H2,1-5H3. The van der Waals surface area contributed by atoms with Gasteiger partial charge in [0, 0.05) is 24.2 Å². The minimum Gasteiger partial charge on any atom is -0.315 e. The van der Waals surface area contributed by atoms with E-state index in [2.05, 4.69) is 50.2 Å². The number of nitrogens with zero attached hydrogens (tertiary/aromatic N) is 2. The first-order valence-electron chi connectivity index (χ1n) is 9.07. The number of likely N-dealkylation sites (N-methyl/N-ethyl adjacent to an activating group) is 3. The van der Waals surface area contributed by atoms with Gasteiger partial charge in [-0.25, -0.2) is 0 Å². The lowest BCUT2D eigenvalue weighted by Gasteiger charge is -2.52. The zero-order valence-electron chi connectivity index (χ0n) is 15.0. The molecule has 3 unspecified atom stereocenters. The minimum absolute atomic E-state index is 0.449. The van der Waals surface area contributed by atoms with Gasteiger partial charge in [-0.05, 0) is 72.6 Å². The smallest absolute Gasteiger partial charge is 0.0330 e. The Morgan fingerprint density at radius 2 is 1.86 bits per heavy atom. The predicted molar refractivity (Wildman–Crippen MR) is 91.8 cm³/mol. The second-order valence-electron chi connectivity index (χ2n) is 7.82.